The molecule has 0 amide bonds. The van der Waals surface area contributed by atoms with Crippen LogP contribution in [0.25, 0.3) is 22.3 Å². The van der Waals surface area contributed by atoms with Crippen molar-refractivity contribution in [2.45, 2.75) is 46.3 Å². The van der Waals surface area contributed by atoms with Crippen molar-refractivity contribution in [1.82, 2.24) is 25.0 Å². The van der Waals surface area contributed by atoms with Gasteiger partial charge >= 0.3 is 5.69 Å². The lowest BCUT2D eigenvalue weighted by Gasteiger charge is -2.22. The summed E-state index contributed by atoms with van der Waals surface area (Å²) in [4.78, 5) is 15.3. The van der Waals surface area contributed by atoms with Crippen molar-refractivity contribution < 1.29 is 9.66 Å². The minimum absolute atomic E-state index is 0.0803. The van der Waals surface area contributed by atoms with Crippen molar-refractivity contribution in [2.75, 3.05) is 6.61 Å². The third-order valence-electron chi connectivity index (χ3n) is 4.23. The standard InChI is InChI=1S/C15H16N6O3.C2H6/c1-9-10-7-16-12(6-11(10)18-17-9)15-13(21(22)23)8-20(19-15)14-4-2-3-5-24-14;1-2/h6-8,14H,2-5H2,1H3,(H,17,18);1-2H3. The number of hydrogen-bond donors (Lipinski definition) is 1. The highest BCUT2D eigenvalue weighted by Gasteiger charge is 2.26. The van der Waals surface area contributed by atoms with Crippen LogP contribution in [0.1, 0.15) is 45.0 Å². The van der Waals surface area contributed by atoms with Crippen molar-refractivity contribution in [3.8, 4) is 11.4 Å². The first kappa shape index (κ1) is 18.0. The van der Waals surface area contributed by atoms with Gasteiger partial charge in [0.1, 0.15) is 12.4 Å². The minimum atomic E-state index is -0.441. The van der Waals surface area contributed by atoms with Crippen LogP contribution in [0.5, 0.6) is 0 Å². The maximum absolute atomic E-state index is 11.4. The van der Waals surface area contributed by atoms with E-state index in [1.54, 1.807) is 12.3 Å². The summed E-state index contributed by atoms with van der Waals surface area (Å²) in [6.07, 6.45) is 5.63. The molecule has 1 unspecified atom stereocenters. The molecule has 3 aromatic heterocycles. The van der Waals surface area contributed by atoms with E-state index in [4.69, 9.17) is 4.74 Å². The highest BCUT2D eigenvalue weighted by Crippen LogP contribution is 2.32. The summed E-state index contributed by atoms with van der Waals surface area (Å²) < 4.78 is 7.20. The predicted octanol–water partition coefficient (Wildman–Crippen LogP) is 3.76. The Hall–Kier alpha value is -2.81. The second-order valence-corrected chi connectivity index (χ2v) is 5.86. The lowest BCUT2D eigenvalue weighted by Crippen LogP contribution is -2.18. The molecule has 1 fully saturated rings. The molecule has 1 aliphatic rings. The van der Waals surface area contributed by atoms with E-state index < -0.39 is 4.92 Å². The average Bonchev–Trinajstić information content (AvgIpc) is 3.28. The fourth-order valence-corrected chi connectivity index (χ4v) is 2.94. The molecule has 1 aliphatic heterocycles. The Kier molecular flexibility index (Phi) is 5.27. The van der Waals surface area contributed by atoms with Crippen molar-refractivity contribution >= 4 is 16.6 Å². The normalized spacial score (nSPS) is 17.0. The predicted molar refractivity (Wildman–Crippen MR) is 96.7 cm³/mol. The third kappa shape index (κ3) is 3.30. The molecular formula is C17H22N6O3. The lowest BCUT2D eigenvalue weighted by atomic mass is 10.2. The van der Waals surface area contributed by atoms with Gasteiger partial charge in [0.2, 0.25) is 0 Å². The van der Waals surface area contributed by atoms with Crippen LogP contribution in [0.2, 0.25) is 0 Å². The van der Waals surface area contributed by atoms with E-state index in [-0.39, 0.29) is 17.6 Å². The number of nitro groups is 1. The van der Waals surface area contributed by atoms with E-state index in [2.05, 4.69) is 20.3 Å². The zero-order chi connectivity index (χ0) is 18.7. The zero-order valence-corrected chi connectivity index (χ0v) is 15.1. The van der Waals surface area contributed by atoms with Gasteiger partial charge in [-0.05, 0) is 32.3 Å². The van der Waals surface area contributed by atoms with Crippen molar-refractivity contribution in [2.24, 2.45) is 0 Å². The van der Waals surface area contributed by atoms with Crippen LogP contribution in [0, 0.1) is 17.0 Å². The number of ether oxygens (including phenoxy) is 1. The Bertz CT molecular complexity index is 911. The fraction of sp³-hybridized carbons (Fsp3) is 0.471. The van der Waals surface area contributed by atoms with Crippen molar-refractivity contribution in [3.05, 3.63) is 34.3 Å². The number of aryl methyl sites for hydroxylation is 1. The van der Waals surface area contributed by atoms with Gasteiger partial charge in [-0.2, -0.15) is 10.2 Å². The average molecular weight is 358 g/mol. The van der Waals surface area contributed by atoms with Crippen LogP contribution in [0.4, 0.5) is 5.69 Å². The molecule has 0 aliphatic carbocycles. The summed E-state index contributed by atoms with van der Waals surface area (Å²) in [5.74, 6) is 0. The smallest absolute Gasteiger partial charge is 0.316 e. The van der Waals surface area contributed by atoms with Crippen LogP contribution < -0.4 is 0 Å². The Morgan fingerprint density at radius 2 is 2.19 bits per heavy atom. The van der Waals surface area contributed by atoms with E-state index >= 15 is 0 Å². The van der Waals surface area contributed by atoms with Gasteiger partial charge in [-0.3, -0.25) is 20.2 Å². The molecule has 0 aromatic carbocycles. The van der Waals surface area contributed by atoms with E-state index in [0.717, 1.165) is 30.3 Å². The molecule has 138 valence electrons. The van der Waals surface area contributed by atoms with Gasteiger partial charge in [0, 0.05) is 23.9 Å². The second kappa shape index (κ2) is 7.61. The molecule has 9 nitrogen and oxygen atoms in total. The van der Waals surface area contributed by atoms with Gasteiger partial charge < -0.3 is 4.74 Å². The molecular weight excluding hydrogens is 336 g/mol. The number of nitrogens with zero attached hydrogens (tertiary/aromatic N) is 5. The number of hydrogen-bond acceptors (Lipinski definition) is 6. The van der Waals surface area contributed by atoms with Gasteiger partial charge in [-0.25, -0.2) is 4.68 Å². The molecule has 1 N–H and O–H groups in total. The Balaban J connectivity index is 0.000000948. The van der Waals surface area contributed by atoms with Crippen LogP contribution >= 0.6 is 0 Å². The first-order valence-electron chi connectivity index (χ1n) is 8.80. The van der Waals surface area contributed by atoms with Crippen LogP contribution in [-0.2, 0) is 4.74 Å². The van der Waals surface area contributed by atoms with Gasteiger partial charge in [0.15, 0.2) is 5.69 Å². The maximum Gasteiger partial charge on any atom is 0.316 e. The van der Waals surface area contributed by atoms with Gasteiger partial charge in [-0.1, -0.05) is 13.8 Å². The third-order valence-corrected chi connectivity index (χ3v) is 4.23. The summed E-state index contributed by atoms with van der Waals surface area (Å²) in [6.45, 7) is 6.54. The molecule has 3 aromatic rings. The Morgan fingerprint density at radius 3 is 2.88 bits per heavy atom. The molecule has 9 heteroatoms. The second-order valence-electron chi connectivity index (χ2n) is 5.86. The van der Waals surface area contributed by atoms with Crippen LogP contribution in [0.15, 0.2) is 18.5 Å². The number of pyridine rings is 1. The topological polar surface area (TPSA) is 112 Å². The van der Waals surface area contributed by atoms with E-state index in [9.17, 15) is 10.1 Å². The maximum atomic E-state index is 11.4. The SMILES string of the molecule is CC.Cc1[nH]nc2cc(-c3nn(C4CCCCO4)cc3[N+](=O)[O-])ncc12. The largest absolute Gasteiger partial charge is 0.357 e. The highest BCUT2D eigenvalue weighted by molar-refractivity contribution is 5.84. The molecule has 0 saturated carbocycles. The summed E-state index contributed by atoms with van der Waals surface area (Å²) in [7, 11) is 0. The van der Waals surface area contributed by atoms with Gasteiger partial charge in [0.25, 0.3) is 0 Å². The van der Waals surface area contributed by atoms with Crippen LogP contribution in [0.3, 0.4) is 0 Å². The lowest BCUT2D eigenvalue weighted by molar-refractivity contribution is -0.384. The molecule has 26 heavy (non-hydrogen) atoms. The first-order valence-corrected chi connectivity index (χ1v) is 8.80. The van der Waals surface area contributed by atoms with Gasteiger partial charge in [0.05, 0.1) is 16.1 Å². The minimum Gasteiger partial charge on any atom is -0.357 e. The molecule has 1 atom stereocenters. The monoisotopic (exact) mass is 358 g/mol. The number of nitrogens with one attached hydrogen (secondary N) is 1. The summed E-state index contributed by atoms with van der Waals surface area (Å²) in [5, 5.41) is 23.8. The molecule has 4 rings (SSSR count). The molecule has 0 bridgehead atoms. The van der Waals surface area contributed by atoms with Crippen molar-refractivity contribution in [3.63, 3.8) is 0 Å². The van der Waals surface area contributed by atoms with Gasteiger partial charge in [-0.15, -0.1) is 0 Å². The number of aromatic nitrogens is 5. The number of H-pyrrole nitrogens is 1. The fourth-order valence-electron chi connectivity index (χ4n) is 2.94. The first-order chi connectivity index (χ1) is 12.6. The van der Waals surface area contributed by atoms with E-state index in [1.807, 2.05) is 20.8 Å². The number of aromatic amines is 1. The zero-order valence-electron chi connectivity index (χ0n) is 15.1. The molecule has 0 radical (unpaired) electrons. The quantitative estimate of drug-likeness (QED) is 0.563. The van der Waals surface area contributed by atoms with E-state index in [0.29, 0.717) is 17.8 Å². The summed E-state index contributed by atoms with van der Waals surface area (Å²) >= 11 is 0. The summed E-state index contributed by atoms with van der Waals surface area (Å²) in [6, 6.07) is 1.71. The Labute approximate surface area is 150 Å². The number of fused-ring (bicyclic) bond motifs is 1. The Morgan fingerprint density at radius 1 is 1.38 bits per heavy atom. The molecule has 4 heterocycles. The number of rotatable bonds is 3. The molecule has 1 saturated heterocycles. The van der Waals surface area contributed by atoms with Crippen LogP contribution in [-0.4, -0.2) is 36.5 Å². The van der Waals surface area contributed by atoms with E-state index in [1.165, 1.54) is 10.9 Å². The highest BCUT2D eigenvalue weighted by atomic mass is 16.6. The van der Waals surface area contributed by atoms with Crippen molar-refractivity contribution in [1.29, 1.82) is 0 Å². The summed E-state index contributed by atoms with van der Waals surface area (Å²) in [5.41, 5.74) is 2.19. The molecule has 0 spiro atoms.